The SMILES string of the molecule is COc1cc(C#N)ccc1OCC(=O)Nc1ccccc1C(=O)NCc1ccco1. The Morgan fingerprint density at radius 3 is 2.67 bits per heavy atom. The molecule has 30 heavy (non-hydrogen) atoms. The summed E-state index contributed by atoms with van der Waals surface area (Å²) in [7, 11) is 1.45. The second-order valence-electron chi connectivity index (χ2n) is 6.12. The van der Waals surface area contributed by atoms with Crippen LogP contribution < -0.4 is 20.1 Å². The maximum atomic E-state index is 12.5. The Morgan fingerprint density at radius 1 is 1.10 bits per heavy atom. The first-order valence-corrected chi connectivity index (χ1v) is 9.01. The van der Waals surface area contributed by atoms with E-state index in [1.165, 1.54) is 19.4 Å². The summed E-state index contributed by atoms with van der Waals surface area (Å²) >= 11 is 0. The number of nitriles is 1. The van der Waals surface area contributed by atoms with Gasteiger partial charge in [0.05, 0.1) is 42.8 Å². The number of amides is 2. The minimum atomic E-state index is -0.451. The Hall–Kier alpha value is -4.25. The summed E-state index contributed by atoms with van der Waals surface area (Å²) in [5.74, 6) is 0.495. The third kappa shape index (κ3) is 5.17. The number of nitrogens with one attached hydrogen (secondary N) is 2. The summed E-state index contributed by atoms with van der Waals surface area (Å²) in [6.45, 7) is -0.0691. The predicted molar refractivity (Wildman–Crippen MR) is 108 cm³/mol. The van der Waals surface area contributed by atoms with Gasteiger partial charge < -0.3 is 24.5 Å². The van der Waals surface area contributed by atoms with Gasteiger partial charge in [-0.2, -0.15) is 5.26 Å². The van der Waals surface area contributed by atoms with E-state index >= 15 is 0 Å². The highest BCUT2D eigenvalue weighted by molar-refractivity contribution is 6.04. The number of nitrogens with zero attached hydrogens (tertiary/aromatic N) is 1. The van der Waals surface area contributed by atoms with Crippen molar-refractivity contribution >= 4 is 17.5 Å². The van der Waals surface area contributed by atoms with E-state index in [9.17, 15) is 9.59 Å². The number of para-hydroxylation sites is 1. The third-order valence-corrected chi connectivity index (χ3v) is 4.10. The van der Waals surface area contributed by atoms with Crippen molar-refractivity contribution in [2.45, 2.75) is 6.54 Å². The molecular formula is C22H19N3O5. The van der Waals surface area contributed by atoms with Gasteiger partial charge in [0.25, 0.3) is 11.8 Å². The number of hydrogen-bond donors (Lipinski definition) is 2. The molecule has 2 aromatic carbocycles. The fourth-order valence-corrected chi connectivity index (χ4v) is 2.65. The van der Waals surface area contributed by atoms with Gasteiger partial charge in [-0.1, -0.05) is 12.1 Å². The number of benzene rings is 2. The van der Waals surface area contributed by atoms with Crippen molar-refractivity contribution in [3.63, 3.8) is 0 Å². The zero-order chi connectivity index (χ0) is 21.3. The number of carbonyl (C=O) groups excluding carboxylic acids is 2. The van der Waals surface area contributed by atoms with Crippen LogP contribution in [-0.4, -0.2) is 25.5 Å². The molecule has 0 aliphatic heterocycles. The zero-order valence-electron chi connectivity index (χ0n) is 16.2. The van der Waals surface area contributed by atoms with Crippen molar-refractivity contribution in [2.75, 3.05) is 19.0 Å². The predicted octanol–water partition coefficient (Wildman–Crippen LogP) is 3.11. The van der Waals surface area contributed by atoms with Crippen molar-refractivity contribution in [2.24, 2.45) is 0 Å². The highest BCUT2D eigenvalue weighted by Crippen LogP contribution is 2.27. The summed E-state index contributed by atoms with van der Waals surface area (Å²) in [6, 6.07) is 16.8. The Kier molecular flexibility index (Phi) is 6.69. The highest BCUT2D eigenvalue weighted by atomic mass is 16.5. The maximum Gasteiger partial charge on any atom is 0.262 e. The van der Waals surface area contributed by atoms with Crippen LogP contribution in [0.2, 0.25) is 0 Å². The molecule has 1 heterocycles. The van der Waals surface area contributed by atoms with Gasteiger partial charge in [-0.05, 0) is 36.4 Å². The molecule has 0 unspecified atom stereocenters. The van der Waals surface area contributed by atoms with Crippen LogP contribution in [0.15, 0.2) is 65.3 Å². The second-order valence-corrected chi connectivity index (χ2v) is 6.12. The molecule has 0 fully saturated rings. The average Bonchev–Trinajstić information content (AvgIpc) is 3.30. The van der Waals surface area contributed by atoms with Gasteiger partial charge in [0.15, 0.2) is 18.1 Å². The standard InChI is InChI=1S/C22H19N3O5/c1-28-20-11-15(12-23)8-9-19(20)30-14-21(26)25-18-7-3-2-6-17(18)22(27)24-13-16-5-4-10-29-16/h2-11H,13-14H2,1H3,(H,24,27)(H,25,26). The first kappa shape index (κ1) is 20.5. The van der Waals surface area contributed by atoms with Crippen molar-refractivity contribution in [1.29, 1.82) is 5.26 Å². The Bertz CT molecular complexity index is 1070. The molecular weight excluding hydrogens is 386 g/mol. The van der Waals surface area contributed by atoms with Gasteiger partial charge in [-0.3, -0.25) is 9.59 Å². The molecule has 0 spiro atoms. The van der Waals surface area contributed by atoms with E-state index in [0.717, 1.165) is 0 Å². The summed E-state index contributed by atoms with van der Waals surface area (Å²) in [5.41, 5.74) is 1.08. The zero-order valence-corrected chi connectivity index (χ0v) is 16.2. The maximum absolute atomic E-state index is 12.5. The number of anilines is 1. The number of rotatable bonds is 8. The van der Waals surface area contributed by atoms with Crippen LogP contribution in [0.4, 0.5) is 5.69 Å². The molecule has 1 aromatic heterocycles. The van der Waals surface area contributed by atoms with Crippen LogP contribution in [0.5, 0.6) is 11.5 Å². The largest absolute Gasteiger partial charge is 0.493 e. The molecule has 0 bridgehead atoms. The molecule has 0 aliphatic rings. The van der Waals surface area contributed by atoms with E-state index in [1.54, 1.807) is 48.5 Å². The topological polar surface area (TPSA) is 114 Å². The second kappa shape index (κ2) is 9.80. The Labute approximate surface area is 173 Å². The number of carbonyl (C=O) groups is 2. The van der Waals surface area contributed by atoms with Crippen LogP contribution >= 0.6 is 0 Å². The molecule has 8 nitrogen and oxygen atoms in total. The number of methoxy groups -OCH3 is 1. The molecule has 152 valence electrons. The van der Waals surface area contributed by atoms with Gasteiger partial charge in [0, 0.05) is 6.07 Å². The number of ether oxygens (including phenoxy) is 2. The molecule has 0 saturated carbocycles. The van der Waals surface area contributed by atoms with Crippen LogP contribution in [0.25, 0.3) is 0 Å². The van der Waals surface area contributed by atoms with E-state index in [2.05, 4.69) is 10.6 Å². The lowest BCUT2D eigenvalue weighted by atomic mass is 10.1. The van der Waals surface area contributed by atoms with E-state index in [4.69, 9.17) is 19.2 Å². The van der Waals surface area contributed by atoms with Gasteiger partial charge >= 0.3 is 0 Å². The molecule has 3 aromatic rings. The fourth-order valence-electron chi connectivity index (χ4n) is 2.65. The Balaban J connectivity index is 1.62. The molecule has 0 radical (unpaired) electrons. The van der Waals surface area contributed by atoms with E-state index in [0.29, 0.717) is 34.1 Å². The molecule has 0 atom stereocenters. The lowest BCUT2D eigenvalue weighted by Crippen LogP contribution is -2.26. The van der Waals surface area contributed by atoms with Crippen molar-refractivity contribution in [3.05, 3.63) is 77.7 Å². The lowest BCUT2D eigenvalue weighted by molar-refractivity contribution is -0.118. The van der Waals surface area contributed by atoms with Crippen molar-refractivity contribution in [3.8, 4) is 17.6 Å². The van der Waals surface area contributed by atoms with E-state index in [-0.39, 0.29) is 19.1 Å². The van der Waals surface area contributed by atoms with Crippen LogP contribution in [-0.2, 0) is 11.3 Å². The molecule has 3 rings (SSSR count). The molecule has 0 saturated heterocycles. The van der Waals surface area contributed by atoms with Crippen molar-refractivity contribution in [1.82, 2.24) is 5.32 Å². The number of furan rings is 1. The van der Waals surface area contributed by atoms with E-state index in [1.807, 2.05) is 6.07 Å². The number of hydrogen-bond acceptors (Lipinski definition) is 6. The molecule has 0 aliphatic carbocycles. The van der Waals surface area contributed by atoms with Crippen LogP contribution in [0.3, 0.4) is 0 Å². The van der Waals surface area contributed by atoms with Crippen LogP contribution in [0, 0.1) is 11.3 Å². The minimum absolute atomic E-state index is 0.232. The summed E-state index contributed by atoms with van der Waals surface area (Å²) in [4.78, 5) is 24.8. The van der Waals surface area contributed by atoms with Gasteiger partial charge in [-0.15, -0.1) is 0 Å². The molecule has 2 amide bonds. The first-order valence-electron chi connectivity index (χ1n) is 9.01. The Morgan fingerprint density at radius 2 is 1.93 bits per heavy atom. The normalized spacial score (nSPS) is 10.0. The van der Waals surface area contributed by atoms with Gasteiger partial charge in [0.1, 0.15) is 5.76 Å². The van der Waals surface area contributed by atoms with Crippen molar-refractivity contribution < 1.29 is 23.5 Å². The summed E-state index contributed by atoms with van der Waals surface area (Å²) < 4.78 is 15.9. The smallest absolute Gasteiger partial charge is 0.262 e. The fraction of sp³-hybridized carbons (Fsp3) is 0.136. The molecule has 8 heteroatoms. The summed E-state index contributed by atoms with van der Waals surface area (Å²) in [6.07, 6.45) is 1.53. The first-order chi connectivity index (χ1) is 14.6. The van der Waals surface area contributed by atoms with Crippen LogP contribution in [0.1, 0.15) is 21.7 Å². The monoisotopic (exact) mass is 405 g/mol. The minimum Gasteiger partial charge on any atom is -0.493 e. The lowest BCUT2D eigenvalue weighted by Gasteiger charge is -2.13. The van der Waals surface area contributed by atoms with Gasteiger partial charge in [0.2, 0.25) is 0 Å². The third-order valence-electron chi connectivity index (χ3n) is 4.10. The van der Waals surface area contributed by atoms with Gasteiger partial charge in [-0.25, -0.2) is 0 Å². The average molecular weight is 405 g/mol. The quantitative estimate of drug-likeness (QED) is 0.595. The van der Waals surface area contributed by atoms with E-state index < -0.39 is 5.91 Å². The highest BCUT2D eigenvalue weighted by Gasteiger charge is 2.14. The molecule has 2 N–H and O–H groups in total. The summed E-state index contributed by atoms with van der Waals surface area (Å²) in [5, 5.41) is 14.4.